The van der Waals surface area contributed by atoms with E-state index in [4.69, 9.17) is 4.74 Å². The number of amides is 1. The van der Waals surface area contributed by atoms with E-state index in [1.807, 2.05) is 0 Å². The number of sulfonamides is 1. The minimum atomic E-state index is -3.78. The molecule has 4 aliphatic carbocycles. The lowest BCUT2D eigenvalue weighted by Gasteiger charge is -2.63. The molecule has 7 heteroatoms. The Kier molecular flexibility index (Phi) is 8.86. The highest BCUT2D eigenvalue weighted by molar-refractivity contribution is 7.91. The predicted molar refractivity (Wildman–Crippen MR) is 169 cm³/mol. The Morgan fingerprint density at radius 3 is 2.45 bits per heavy atom. The van der Waals surface area contributed by atoms with Crippen molar-refractivity contribution < 1.29 is 17.9 Å². The zero-order valence-corrected chi connectivity index (χ0v) is 28.1. The van der Waals surface area contributed by atoms with Crippen molar-refractivity contribution in [2.75, 3.05) is 6.61 Å². The van der Waals surface area contributed by atoms with Gasteiger partial charge in [0.15, 0.2) is 0 Å². The smallest absolute Gasteiger partial charge is 0.266 e. The van der Waals surface area contributed by atoms with Crippen LogP contribution in [0.1, 0.15) is 129 Å². The Morgan fingerprint density at radius 1 is 1.05 bits per heavy atom. The fourth-order valence-electron chi connectivity index (χ4n) is 10.5. The van der Waals surface area contributed by atoms with Gasteiger partial charge in [-0.05, 0) is 130 Å². The number of nitrogens with zero attached hydrogens (tertiary/aromatic N) is 1. The average molecular weight is 601 g/mol. The molecule has 0 aliphatic heterocycles. The molecule has 42 heavy (non-hydrogen) atoms. The molecule has 5 rings (SSSR count). The Morgan fingerprint density at radius 2 is 1.79 bits per heavy atom. The number of aromatic nitrogens is 1. The molecule has 1 amide bonds. The van der Waals surface area contributed by atoms with Crippen molar-refractivity contribution in [3.05, 3.63) is 23.9 Å². The number of fused-ring (bicyclic) bond motifs is 5. The van der Waals surface area contributed by atoms with E-state index in [1.165, 1.54) is 70.4 Å². The van der Waals surface area contributed by atoms with Crippen LogP contribution >= 0.6 is 0 Å². The highest BCUT2D eigenvalue weighted by Gasteiger charge is 2.61. The molecule has 1 heterocycles. The van der Waals surface area contributed by atoms with Gasteiger partial charge in [-0.15, -0.1) is 0 Å². The first-order valence-corrected chi connectivity index (χ1v) is 18.3. The van der Waals surface area contributed by atoms with E-state index >= 15 is 0 Å². The van der Waals surface area contributed by atoms with Crippen LogP contribution in [0.2, 0.25) is 0 Å². The van der Waals surface area contributed by atoms with E-state index in [9.17, 15) is 13.2 Å². The number of hydrogen-bond acceptors (Lipinski definition) is 5. The molecule has 1 N–H and O–H groups in total. The van der Waals surface area contributed by atoms with Gasteiger partial charge >= 0.3 is 0 Å². The van der Waals surface area contributed by atoms with E-state index in [0.717, 1.165) is 41.9 Å². The lowest BCUT2D eigenvalue weighted by molar-refractivity contribution is -0.138. The Labute approximate surface area is 255 Å². The largest absolute Gasteiger partial charge is 0.478 e. The molecule has 236 valence electrons. The Balaban J connectivity index is 1.17. The van der Waals surface area contributed by atoms with E-state index in [0.29, 0.717) is 29.2 Å². The third-order valence-corrected chi connectivity index (χ3v) is 15.0. The van der Waals surface area contributed by atoms with Crippen LogP contribution < -0.4 is 9.46 Å². The van der Waals surface area contributed by atoms with Crippen LogP contribution in [0.4, 0.5) is 0 Å². The van der Waals surface area contributed by atoms with Gasteiger partial charge in [0.05, 0.1) is 16.9 Å². The van der Waals surface area contributed by atoms with E-state index in [2.05, 4.69) is 37.4 Å². The molecule has 0 spiro atoms. The molecule has 0 unspecified atom stereocenters. The standard InChI is InChI=1S/C35H56N2O4S/c1-8-24-21-26-29-14-13-27(35(29,7)19-16-30(26)34(6)18-10-9-11-28(24)34)23(2)17-20-41-31-15-12-25(22-36-31)32(38)37-42(39,40)33(3,4)5/h12,15,22-24,26-30H,8-11,13-14,16-21H2,1-7H3,(H,37,38)/t23-,24+,26+,27-,28+,29+,30+,34+,35-/m1/s1. The van der Waals surface area contributed by atoms with Crippen LogP contribution in [-0.2, 0) is 10.0 Å². The van der Waals surface area contributed by atoms with Crippen LogP contribution in [-0.4, -0.2) is 30.7 Å². The van der Waals surface area contributed by atoms with E-state index in [-0.39, 0.29) is 5.56 Å². The number of rotatable bonds is 8. The molecule has 1 aromatic rings. The predicted octanol–water partition coefficient (Wildman–Crippen LogP) is 8.03. The number of carbonyl (C=O) groups excluding carboxylic acids is 1. The van der Waals surface area contributed by atoms with Crippen LogP contribution in [0.15, 0.2) is 18.3 Å². The first-order valence-electron chi connectivity index (χ1n) is 16.9. The van der Waals surface area contributed by atoms with Crippen LogP contribution in [0.3, 0.4) is 0 Å². The van der Waals surface area contributed by atoms with Crippen molar-refractivity contribution in [3.63, 3.8) is 0 Å². The average Bonchev–Trinajstić information content (AvgIpc) is 3.29. The van der Waals surface area contributed by atoms with Gasteiger partial charge in [0.2, 0.25) is 15.9 Å². The second-order valence-electron chi connectivity index (χ2n) is 15.9. The lowest BCUT2D eigenvalue weighted by Crippen LogP contribution is -2.55. The van der Waals surface area contributed by atoms with E-state index < -0.39 is 20.7 Å². The highest BCUT2D eigenvalue weighted by atomic mass is 32.2. The summed E-state index contributed by atoms with van der Waals surface area (Å²) in [5, 5.41) is 0. The summed E-state index contributed by atoms with van der Waals surface area (Å²) in [6.45, 7) is 15.5. The normalized spacial score (nSPS) is 37.2. The Hall–Kier alpha value is -1.63. The Bertz CT molecular complexity index is 1220. The summed E-state index contributed by atoms with van der Waals surface area (Å²) in [5.74, 6) is 5.75. The van der Waals surface area contributed by atoms with Gasteiger partial charge in [-0.25, -0.2) is 18.1 Å². The summed E-state index contributed by atoms with van der Waals surface area (Å²) in [6, 6.07) is 3.23. The molecule has 0 bridgehead atoms. The second kappa shape index (κ2) is 11.7. The first-order chi connectivity index (χ1) is 19.7. The molecule has 4 fully saturated rings. The molecule has 9 atom stereocenters. The quantitative estimate of drug-likeness (QED) is 0.326. The molecular weight excluding hydrogens is 544 g/mol. The number of ether oxygens (including phenoxy) is 1. The molecule has 0 aromatic carbocycles. The number of hydrogen-bond donors (Lipinski definition) is 1. The summed E-state index contributed by atoms with van der Waals surface area (Å²) in [5.41, 5.74) is 1.22. The van der Waals surface area contributed by atoms with Crippen LogP contribution in [0, 0.1) is 52.3 Å². The van der Waals surface area contributed by atoms with Crippen molar-refractivity contribution in [1.29, 1.82) is 0 Å². The molecular formula is C35H56N2O4S. The summed E-state index contributed by atoms with van der Waals surface area (Å²) >= 11 is 0. The number of pyridine rings is 1. The topological polar surface area (TPSA) is 85.4 Å². The summed E-state index contributed by atoms with van der Waals surface area (Å²) in [4.78, 5) is 16.7. The van der Waals surface area contributed by atoms with Crippen LogP contribution in [0.25, 0.3) is 0 Å². The highest BCUT2D eigenvalue weighted by Crippen LogP contribution is 2.69. The molecule has 4 aliphatic rings. The van der Waals surface area contributed by atoms with Crippen LogP contribution in [0.5, 0.6) is 5.88 Å². The number of nitrogens with one attached hydrogen (secondary N) is 1. The van der Waals surface area contributed by atoms with Gasteiger partial charge in [0, 0.05) is 12.3 Å². The van der Waals surface area contributed by atoms with Gasteiger partial charge in [-0.3, -0.25) is 4.79 Å². The molecule has 4 saturated carbocycles. The van der Waals surface area contributed by atoms with Gasteiger partial charge in [-0.2, -0.15) is 0 Å². The summed E-state index contributed by atoms with van der Waals surface area (Å²) < 4.78 is 31.7. The third-order valence-electron chi connectivity index (χ3n) is 12.9. The molecule has 0 saturated heterocycles. The maximum Gasteiger partial charge on any atom is 0.266 e. The minimum Gasteiger partial charge on any atom is -0.478 e. The summed E-state index contributed by atoms with van der Waals surface area (Å²) in [6.07, 6.45) is 16.6. The second-order valence-corrected chi connectivity index (χ2v) is 18.3. The fraction of sp³-hybridized carbons (Fsp3) is 0.829. The molecule has 1 aromatic heterocycles. The minimum absolute atomic E-state index is 0.200. The molecule has 6 nitrogen and oxygen atoms in total. The third kappa shape index (κ3) is 5.65. The molecule has 0 radical (unpaired) electrons. The maximum absolute atomic E-state index is 12.5. The fourth-order valence-corrected chi connectivity index (χ4v) is 11.1. The maximum atomic E-state index is 12.5. The zero-order chi connectivity index (χ0) is 30.5. The van der Waals surface area contributed by atoms with E-state index in [1.54, 1.807) is 32.9 Å². The van der Waals surface area contributed by atoms with Gasteiger partial charge in [-0.1, -0.05) is 47.0 Å². The first kappa shape index (κ1) is 31.8. The van der Waals surface area contributed by atoms with Crippen molar-refractivity contribution in [3.8, 4) is 5.88 Å². The summed E-state index contributed by atoms with van der Waals surface area (Å²) in [7, 11) is -3.78. The van der Waals surface area contributed by atoms with Crippen molar-refractivity contribution >= 4 is 15.9 Å². The monoisotopic (exact) mass is 600 g/mol. The lowest BCUT2D eigenvalue weighted by atomic mass is 9.42. The van der Waals surface area contributed by atoms with Crippen molar-refractivity contribution in [2.24, 2.45) is 52.3 Å². The van der Waals surface area contributed by atoms with Crippen molar-refractivity contribution in [1.82, 2.24) is 9.71 Å². The number of carbonyl (C=O) groups is 1. The van der Waals surface area contributed by atoms with Gasteiger partial charge in [0.25, 0.3) is 5.91 Å². The SMILES string of the molecule is CC[C@H]1C[C@@H]2[C@H](CC[C@]3(C)[C@@H]([C@H](C)CCOc4ccc(C(=O)NS(=O)(=O)C(C)(C)C)cn4)CC[C@@H]23)[C@@]2(C)CCCC[C@@H]12. The van der Waals surface area contributed by atoms with Gasteiger partial charge in [0.1, 0.15) is 0 Å². The van der Waals surface area contributed by atoms with Crippen molar-refractivity contribution in [2.45, 2.75) is 124 Å². The van der Waals surface area contributed by atoms with Gasteiger partial charge < -0.3 is 4.74 Å². The zero-order valence-electron chi connectivity index (χ0n) is 27.2.